The van der Waals surface area contributed by atoms with Crippen LogP contribution < -0.4 is 0 Å². The molecule has 0 unspecified atom stereocenters. The van der Waals surface area contributed by atoms with E-state index in [1.807, 2.05) is 29.2 Å². The Morgan fingerprint density at radius 1 is 0.967 bits per heavy atom. The van der Waals surface area contributed by atoms with Crippen molar-refractivity contribution < 1.29 is 23.9 Å². The van der Waals surface area contributed by atoms with E-state index in [0.29, 0.717) is 17.6 Å². The zero-order chi connectivity index (χ0) is 21.7. The minimum Gasteiger partial charge on any atom is -0.489 e. The van der Waals surface area contributed by atoms with Gasteiger partial charge in [-0.05, 0) is 43.4 Å². The Labute approximate surface area is 176 Å². The second kappa shape index (κ2) is 9.57. The average molecular weight is 409 g/mol. The Bertz CT molecular complexity index is 931. The molecule has 0 bridgehead atoms. The fraction of sp³-hybridized carbons (Fsp3) is 0.375. The third-order valence-corrected chi connectivity index (χ3v) is 5.54. The monoisotopic (exact) mass is 409 g/mol. The molecule has 1 amide bonds. The molecule has 1 fully saturated rings. The molecule has 1 heterocycles. The number of rotatable bonds is 6. The Balaban J connectivity index is 1.70. The van der Waals surface area contributed by atoms with Crippen molar-refractivity contribution in [2.24, 2.45) is 0 Å². The van der Waals surface area contributed by atoms with Gasteiger partial charge in [0.2, 0.25) is 29.0 Å². The van der Waals surface area contributed by atoms with Gasteiger partial charge in [-0.15, -0.1) is 0 Å². The van der Waals surface area contributed by atoms with Crippen molar-refractivity contribution in [3.63, 3.8) is 0 Å². The molecule has 0 N–H and O–H groups in total. The van der Waals surface area contributed by atoms with Crippen LogP contribution in [0.15, 0.2) is 53.0 Å². The van der Waals surface area contributed by atoms with Gasteiger partial charge in [-0.1, -0.05) is 24.3 Å². The number of hydrogen-bond donors (Lipinski definition) is 0. The van der Waals surface area contributed by atoms with E-state index in [-0.39, 0.29) is 29.0 Å². The number of carbonyl (C=O) groups is 3. The zero-order valence-corrected chi connectivity index (χ0v) is 17.7. The predicted molar refractivity (Wildman–Crippen MR) is 113 cm³/mol. The molecule has 6 nitrogen and oxygen atoms in total. The molecule has 0 aromatic heterocycles. The van der Waals surface area contributed by atoms with Crippen LogP contribution in [0.25, 0.3) is 6.08 Å². The van der Waals surface area contributed by atoms with Gasteiger partial charge in [-0.25, -0.2) is 0 Å². The molecule has 6 heteroatoms. The summed E-state index contributed by atoms with van der Waals surface area (Å²) in [6, 6.07) is 7.58. The smallest absolute Gasteiger partial charge is 0.246 e. The number of ketones is 2. The van der Waals surface area contributed by atoms with Gasteiger partial charge in [0.05, 0.1) is 14.2 Å². The van der Waals surface area contributed by atoms with Crippen LogP contribution in [0.1, 0.15) is 37.3 Å². The standard InChI is InChI=1S/C24H27NO5/c1-16-19(22(28)24(30-3)23(29-2)21(16)27)15-18-9-7-17(8-10-18)11-12-20(26)25-13-5-4-6-14-25/h7-12H,4-6,13-15H2,1-3H3/b12-11+. The van der Waals surface area contributed by atoms with Crippen LogP contribution in [0, 0.1) is 0 Å². The molecule has 158 valence electrons. The summed E-state index contributed by atoms with van der Waals surface area (Å²) in [5.74, 6) is -0.734. The molecule has 1 saturated heterocycles. The quantitative estimate of drug-likeness (QED) is 0.533. The maximum Gasteiger partial charge on any atom is 0.246 e. The molecule has 30 heavy (non-hydrogen) atoms. The highest BCUT2D eigenvalue weighted by Crippen LogP contribution is 2.28. The average Bonchev–Trinajstić information content (AvgIpc) is 2.78. The van der Waals surface area contributed by atoms with E-state index in [0.717, 1.165) is 37.1 Å². The van der Waals surface area contributed by atoms with Crippen LogP contribution >= 0.6 is 0 Å². The van der Waals surface area contributed by atoms with E-state index in [1.165, 1.54) is 20.6 Å². The van der Waals surface area contributed by atoms with Crippen molar-refractivity contribution in [1.29, 1.82) is 0 Å². The molecule has 1 aliphatic heterocycles. The van der Waals surface area contributed by atoms with E-state index >= 15 is 0 Å². The number of benzene rings is 1. The van der Waals surface area contributed by atoms with Gasteiger partial charge in [0.15, 0.2) is 0 Å². The summed E-state index contributed by atoms with van der Waals surface area (Å²) in [6.45, 7) is 3.28. The minimum absolute atomic E-state index is 0.0405. The van der Waals surface area contributed by atoms with Crippen LogP contribution in [0.2, 0.25) is 0 Å². The van der Waals surface area contributed by atoms with E-state index in [9.17, 15) is 14.4 Å². The van der Waals surface area contributed by atoms with Crippen LogP contribution in [-0.4, -0.2) is 49.7 Å². The van der Waals surface area contributed by atoms with Gasteiger partial charge in [-0.2, -0.15) is 0 Å². The molecule has 0 spiro atoms. The van der Waals surface area contributed by atoms with E-state index < -0.39 is 0 Å². The van der Waals surface area contributed by atoms with Crippen molar-refractivity contribution in [1.82, 2.24) is 4.90 Å². The van der Waals surface area contributed by atoms with Crippen LogP contribution in [0.3, 0.4) is 0 Å². The van der Waals surface area contributed by atoms with E-state index in [4.69, 9.17) is 9.47 Å². The van der Waals surface area contributed by atoms with Gasteiger partial charge < -0.3 is 14.4 Å². The molecule has 1 aromatic carbocycles. The maximum absolute atomic E-state index is 12.8. The lowest BCUT2D eigenvalue weighted by molar-refractivity contribution is -0.126. The van der Waals surface area contributed by atoms with Gasteiger partial charge in [0.1, 0.15) is 0 Å². The molecular weight excluding hydrogens is 382 g/mol. The summed E-state index contributed by atoms with van der Waals surface area (Å²) >= 11 is 0. The number of amides is 1. The second-order valence-corrected chi connectivity index (χ2v) is 7.47. The Kier molecular flexibility index (Phi) is 6.87. The molecular formula is C24H27NO5. The molecule has 0 saturated carbocycles. The highest BCUT2D eigenvalue weighted by atomic mass is 16.5. The summed E-state index contributed by atoms with van der Waals surface area (Å²) < 4.78 is 10.2. The van der Waals surface area contributed by atoms with E-state index in [2.05, 4.69) is 0 Å². The number of likely N-dealkylation sites (tertiary alicyclic amines) is 1. The summed E-state index contributed by atoms with van der Waals surface area (Å²) in [5, 5.41) is 0. The van der Waals surface area contributed by atoms with Crippen LogP contribution in [0.4, 0.5) is 0 Å². The minimum atomic E-state index is -0.334. The normalized spacial score (nSPS) is 17.8. The number of ether oxygens (including phenoxy) is 2. The van der Waals surface area contributed by atoms with Crippen LogP contribution in [-0.2, 0) is 30.3 Å². The Morgan fingerprint density at radius 2 is 1.57 bits per heavy atom. The van der Waals surface area contributed by atoms with Gasteiger partial charge >= 0.3 is 0 Å². The lowest BCUT2D eigenvalue weighted by Gasteiger charge is -2.25. The van der Waals surface area contributed by atoms with Crippen molar-refractivity contribution in [3.8, 4) is 0 Å². The molecule has 2 aliphatic rings. The molecule has 0 radical (unpaired) electrons. The Hall–Kier alpha value is -3.15. The molecule has 1 aliphatic carbocycles. The highest BCUT2D eigenvalue weighted by molar-refractivity contribution is 6.23. The second-order valence-electron chi connectivity index (χ2n) is 7.47. The van der Waals surface area contributed by atoms with Crippen molar-refractivity contribution in [2.45, 2.75) is 32.6 Å². The number of methoxy groups -OCH3 is 2. The number of nitrogens with zero attached hydrogens (tertiary/aromatic N) is 1. The van der Waals surface area contributed by atoms with Crippen molar-refractivity contribution >= 4 is 23.5 Å². The Morgan fingerprint density at radius 3 is 2.17 bits per heavy atom. The molecule has 1 aromatic rings. The number of Topliss-reactive ketones (excluding diaryl/α,β-unsaturated/α-hetero) is 2. The fourth-order valence-electron chi connectivity index (χ4n) is 3.74. The lowest BCUT2D eigenvalue weighted by atomic mass is 9.88. The predicted octanol–water partition coefficient (Wildman–Crippen LogP) is 3.23. The summed E-state index contributed by atoms with van der Waals surface area (Å²) in [7, 11) is 2.70. The zero-order valence-electron chi connectivity index (χ0n) is 17.7. The van der Waals surface area contributed by atoms with Gasteiger partial charge in [0.25, 0.3) is 0 Å². The SMILES string of the molecule is COC1=C(OC)C(=O)C(Cc2ccc(/C=C/C(=O)N3CCCCC3)cc2)=C(C)C1=O. The number of carbonyl (C=O) groups excluding carboxylic acids is 3. The first-order valence-corrected chi connectivity index (χ1v) is 10.1. The summed E-state index contributed by atoms with van der Waals surface area (Å²) in [6.07, 6.45) is 7.05. The molecule has 3 rings (SSSR count). The van der Waals surface area contributed by atoms with Crippen molar-refractivity contribution in [2.75, 3.05) is 27.3 Å². The third kappa shape index (κ3) is 4.53. The van der Waals surface area contributed by atoms with Crippen molar-refractivity contribution in [3.05, 3.63) is 64.1 Å². The summed E-state index contributed by atoms with van der Waals surface area (Å²) in [4.78, 5) is 39.4. The first-order chi connectivity index (χ1) is 14.5. The molecule has 0 atom stereocenters. The first kappa shape index (κ1) is 21.6. The highest BCUT2D eigenvalue weighted by Gasteiger charge is 2.34. The number of piperidine rings is 1. The topological polar surface area (TPSA) is 72.9 Å². The van der Waals surface area contributed by atoms with Crippen LogP contribution in [0.5, 0.6) is 0 Å². The third-order valence-electron chi connectivity index (χ3n) is 5.54. The van der Waals surface area contributed by atoms with Gasteiger partial charge in [0, 0.05) is 36.7 Å². The maximum atomic E-state index is 12.8. The summed E-state index contributed by atoms with van der Waals surface area (Å²) in [5.41, 5.74) is 2.57. The van der Waals surface area contributed by atoms with Gasteiger partial charge in [-0.3, -0.25) is 14.4 Å². The first-order valence-electron chi connectivity index (χ1n) is 10.1. The number of allylic oxidation sites excluding steroid dienone is 2. The fourth-order valence-corrected chi connectivity index (χ4v) is 3.74. The largest absolute Gasteiger partial charge is 0.489 e. The number of hydrogen-bond acceptors (Lipinski definition) is 5. The van der Waals surface area contributed by atoms with E-state index in [1.54, 1.807) is 19.1 Å². The lowest BCUT2D eigenvalue weighted by Crippen LogP contribution is -2.34.